The Labute approximate surface area is 160 Å². The minimum atomic E-state index is -0.358. The monoisotopic (exact) mass is 375 g/mol. The Hall–Kier alpha value is -2.24. The molecule has 0 spiro atoms. The number of amides is 1. The molecule has 1 amide bonds. The number of nitrogens with one attached hydrogen (secondary N) is 1. The number of anilines is 1. The van der Waals surface area contributed by atoms with E-state index in [1.54, 1.807) is 18.2 Å². The van der Waals surface area contributed by atoms with Crippen molar-refractivity contribution in [3.63, 3.8) is 0 Å². The molecule has 27 heavy (non-hydrogen) atoms. The molecule has 1 aromatic rings. The molecule has 148 valence electrons. The second kappa shape index (κ2) is 8.19. The van der Waals surface area contributed by atoms with Gasteiger partial charge in [-0.15, -0.1) is 0 Å². The Morgan fingerprint density at radius 1 is 1.07 bits per heavy atom. The van der Waals surface area contributed by atoms with Crippen LogP contribution in [0.3, 0.4) is 0 Å². The average Bonchev–Trinajstić information content (AvgIpc) is 2.65. The molecule has 0 saturated heterocycles. The van der Waals surface area contributed by atoms with Gasteiger partial charge >= 0.3 is 5.97 Å². The molecule has 1 heterocycles. The van der Waals surface area contributed by atoms with E-state index in [9.17, 15) is 9.59 Å². The molecule has 0 aromatic heterocycles. The number of rotatable bonds is 4. The second-order valence-electron chi connectivity index (χ2n) is 8.43. The van der Waals surface area contributed by atoms with Crippen LogP contribution in [-0.4, -0.2) is 31.7 Å². The molecule has 3 rings (SSSR count). The van der Waals surface area contributed by atoms with Gasteiger partial charge in [-0.25, -0.2) is 0 Å². The van der Waals surface area contributed by atoms with E-state index in [2.05, 4.69) is 26.1 Å². The zero-order valence-corrected chi connectivity index (χ0v) is 16.4. The van der Waals surface area contributed by atoms with Crippen LogP contribution in [0.1, 0.15) is 46.5 Å². The number of fused-ring (bicyclic) bond motifs is 1. The summed E-state index contributed by atoms with van der Waals surface area (Å²) in [5.41, 5.74) is 0.865. The van der Waals surface area contributed by atoms with Crippen molar-refractivity contribution in [1.29, 1.82) is 0 Å². The van der Waals surface area contributed by atoms with Crippen molar-refractivity contribution >= 4 is 17.6 Å². The lowest BCUT2D eigenvalue weighted by atomic mass is 9.70. The molecular weight excluding hydrogens is 346 g/mol. The summed E-state index contributed by atoms with van der Waals surface area (Å²) >= 11 is 0. The zero-order chi connectivity index (χ0) is 19.4. The Balaban J connectivity index is 1.43. The molecule has 2 aliphatic rings. The van der Waals surface area contributed by atoms with Crippen LogP contribution in [-0.2, 0) is 14.3 Å². The summed E-state index contributed by atoms with van der Waals surface area (Å²) in [6.07, 6.45) is 3.74. The summed E-state index contributed by atoms with van der Waals surface area (Å²) in [4.78, 5) is 24.4. The first kappa shape index (κ1) is 19.5. The van der Waals surface area contributed by atoms with E-state index >= 15 is 0 Å². The SMILES string of the molecule is CC(C)(C)C1CCC(C(=O)OCC(=O)Nc2ccc3c(c2)OCCO3)CC1. The third kappa shape index (κ3) is 5.15. The number of carbonyl (C=O) groups excluding carboxylic acids is 2. The van der Waals surface area contributed by atoms with Crippen molar-refractivity contribution in [1.82, 2.24) is 0 Å². The standard InChI is InChI=1S/C21H29NO5/c1-21(2,3)15-6-4-14(5-7-15)20(24)27-13-19(23)22-16-8-9-17-18(12-16)26-11-10-25-17/h8-9,12,14-15H,4-7,10-11,13H2,1-3H3,(H,22,23). The third-order valence-electron chi connectivity index (χ3n) is 5.46. The third-order valence-corrected chi connectivity index (χ3v) is 5.46. The maximum Gasteiger partial charge on any atom is 0.309 e. The first-order valence-electron chi connectivity index (χ1n) is 9.69. The lowest BCUT2D eigenvalue weighted by Gasteiger charge is -2.36. The fourth-order valence-corrected chi connectivity index (χ4v) is 3.77. The number of esters is 1. The molecule has 0 radical (unpaired) electrons. The maximum atomic E-state index is 12.3. The lowest BCUT2D eigenvalue weighted by molar-refractivity contribution is -0.153. The fourth-order valence-electron chi connectivity index (χ4n) is 3.77. The molecule has 6 nitrogen and oxygen atoms in total. The molecule has 1 saturated carbocycles. The first-order valence-corrected chi connectivity index (χ1v) is 9.69. The largest absolute Gasteiger partial charge is 0.486 e. The van der Waals surface area contributed by atoms with Crippen molar-refractivity contribution in [3.05, 3.63) is 18.2 Å². The maximum absolute atomic E-state index is 12.3. The fraction of sp³-hybridized carbons (Fsp3) is 0.619. The van der Waals surface area contributed by atoms with E-state index in [1.165, 1.54) is 0 Å². The second-order valence-corrected chi connectivity index (χ2v) is 8.43. The Morgan fingerprint density at radius 3 is 2.41 bits per heavy atom. The topological polar surface area (TPSA) is 73.9 Å². The quantitative estimate of drug-likeness (QED) is 0.811. The first-order chi connectivity index (χ1) is 12.8. The Morgan fingerprint density at radius 2 is 1.74 bits per heavy atom. The summed E-state index contributed by atoms with van der Waals surface area (Å²) in [6.45, 7) is 7.48. The highest BCUT2D eigenvalue weighted by molar-refractivity contribution is 5.93. The Kier molecular flexibility index (Phi) is 5.92. The minimum absolute atomic E-state index is 0.0920. The highest BCUT2D eigenvalue weighted by atomic mass is 16.6. The summed E-state index contributed by atoms with van der Waals surface area (Å²) in [5.74, 6) is 1.19. The van der Waals surface area contributed by atoms with E-state index in [0.29, 0.717) is 36.3 Å². The van der Waals surface area contributed by atoms with Gasteiger partial charge in [-0.3, -0.25) is 9.59 Å². The summed E-state index contributed by atoms with van der Waals surface area (Å²) in [5, 5.41) is 2.73. The van der Waals surface area contributed by atoms with E-state index in [0.717, 1.165) is 25.7 Å². The van der Waals surface area contributed by atoms with Gasteiger partial charge in [0.1, 0.15) is 13.2 Å². The normalized spacial score (nSPS) is 22.0. The van der Waals surface area contributed by atoms with Gasteiger partial charge in [0, 0.05) is 11.8 Å². The summed E-state index contributed by atoms with van der Waals surface area (Å²) < 4.78 is 16.2. The van der Waals surface area contributed by atoms with Crippen LogP contribution < -0.4 is 14.8 Å². The van der Waals surface area contributed by atoms with Crippen molar-refractivity contribution in [2.75, 3.05) is 25.1 Å². The molecule has 6 heteroatoms. The van der Waals surface area contributed by atoms with Crippen LogP contribution in [0.5, 0.6) is 11.5 Å². The van der Waals surface area contributed by atoms with Crippen LogP contribution in [0, 0.1) is 17.3 Å². The van der Waals surface area contributed by atoms with Crippen molar-refractivity contribution in [3.8, 4) is 11.5 Å². The van der Waals surface area contributed by atoms with Gasteiger partial charge in [0.15, 0.2) is 18.1 Å². The van der Waals surface area contributed by atoms with Gasteiger partial charge in [0.2, 0.25) is 0 Å². The van der Waals surface area contributed by atoms with E-state index in [4.69, 9.17) is 14.2 Å². The van der Waals surface area contributed by atoms with E-state index in [1.807, 2.05) is 0 Å². The zero-order valence-electron chi connectivity index (χ0n) is 16.4. The summed E-state index contributed by atoms with van der Waals surface area (Å²) in [6, 6.07) is 5.20. The van der Waals surface area contributed by atoms with Crippen LogP contribution in [0.4, 0.5) is 5.69 Å². The molecule has 1 aliphatic heterocycles. The highest BCUT2D eigenvalue weighted by Gasteiger charge is 2.33. The van der Waals surface area contributed by atoms with Crippen LogP contribution in [0.15, 0.2) is 18.2 Å². The smallest absolute Gasteiger partial charge is 0.309 e. The number of benzene rings is 1. The average molecular weight is 375 g/mol. The van der Waals surface area contributed by atoms with Crippen LogP contribution in [0.25, 0.3) is 0 Å². The molecule has 1 aromatic carbocycles. The van der Waals surface area contributed by atoms with Crippen molar-refractivity contribution in [2.45, 2.75) is 46.5 Å². The van der Waals surface area contributed by atoms with Crippen molar-refractivity contribution in [2.24, 2.45) is 17.3 Å². The molecule has 1 N–H and O–H groups in total. The van der Waals surface area contributed by atoms with Crippen molar-refractivity contribution < 1.29 is 23.8 Å². The summed E-state index contributed by atoms with van der Waals surface area (Å²) in [7, 11) is 0. The van der Waals surface area contributed by atoms with Gasteiger partial charge in [0.25, 0.3) is 5.91 Å². The molecule has 0 atom stereocenters. The minimum Gasteiger partial charge on any atom is -0.486 e. The number of carbonyl (C=O) groups is 2. The van der Waals surface area contributed by atoms with E-state index in [-0.39, 0.29) is 29.8 Å². The molecule has 0 bridgehead atoms. The van der Waals surface area contributed by atoms with Gasteiger partial charge in [0.05, 0.1) is 5.92 Å². The predicted octanol–water partition coefficient (Wildman–Crippen LogP) is 3.79. The van der Waals surface area contributed by atoms with Crippen LogP contribution in [0.2, 0.25) is 0 Å². The van der Waals surface area contributed by atoms with Crippen LogP contribution >= 0.6 is 0 Å². The van der Waals surface area contributed by atoms with E-state index < -0.39 is 0 Å². The van der Waals surface area contributed by atoms with Gasteiger partial charge in [-0.2, -0.15) is 0 Å². The molecular formula is C21H29NO5. The highest BCUT2D eigenvalue weighted by Crippen LogP contribution is 2.40. The van der Waals surface area contributed by atoms with Gasteiger partial charge in [-0.05, 0) is 49.1 Å². The Bertz CT molecular complexity index is 686. The lowest BCUT2D eigenvalue weighted by Crippen LogP contribution is -2.31. The number of hydrogen-bond acceptors (Lipinski definition) is 5. The number of ether oxygens (including phenoxy) is 3. The molecule has 0 unspecified atom stereocenters. The number of hydrogen-bond donors (Lipinski definition) is 1. The molecule has 1 aliphatic carbocycles. The molecule has 1 fully saturated rings. The van der Waals surface area contributed by atoms with Gasteiger partial charge < -0.3 is 19.5 Å². The predicted molar refractivity (Wildman–Crippen MR) is 102 cm³/mol. The van der Waals surface area contributed by atoms with Gasteiger partial charge in [-0.1, -0.05) is 20.8 Å².